The molecule has 0 aliphatic rings. The van der Waals surface area contributed by atoms with Gasteiger partial charge in [0.1, 0.15) is 0 Å². The van der Waals surface area contributed by atoms with Crippen molar-refractivity contribution in [1.82, 2.24) is 10.2 Å². The molecule has 88 valence electrons. The second-order valence-electron chi connectivity index (χ2n) is 4.45. The Labute approximate surface area is 97.5 Å². The molecule has 16 heavy (non-hydrogen) atoms. The summed E-state index contributed by atoms with van der Waals surface area (Å²) in [5, 5.41) is 2.99. The van der Waals surface area contributed by atoms with Crippen molar-refractivity contribution in [2.75, 3.05) is 20.6 Å². The van der Waals surface area contributed by atoms with Crippen LogP contribution in [0.5, 0.6) is 0 Å². The second-order valence-corrected chi connectivity index (χ2v) is 4.45. The van der Waals surface area contributed by atoms with Crippen LogP contribution in [-0.4, -0.2) is 37.5 Å². The van der Waals surface area contributed by atoms with Gasteiger partial charge in [-0.1, -0.05) is 18.2 Å². The summed E-state index contributed by atoms with van der Waals surface area (Å²) in [4.78, 5) is 14.0. The Balaban J connectivity index is 2.63. The number of carbonyl (C=O) groups is 1. The molecule has 1 aromatic carbocycles. The van der Waals surface area contributed by atoms with Gasteiger partial charge in [0.15, 0.2) is 0 Å². The number of aryl methyl sites for hydroxylation is 1. The summed E-state index contributed by atoms with van der Waals surface area (Å²) in [7, 11) is 3.99. The second kappa shape index (κ2) is 5.66. The fraction of sp³-hybridized carbons (Fsp3) is 0.462. The maximum absolute atomic E-state index is 11.9. The van der Waals surface area contributed by atoms with E-state index in [1.165, 1.54) is 0 Å². The molecular formula is C13H20N2O. The molecular weight excluding hydrogens is 200 g/mol. The first-order valence-electron chi connectivity index (χ1n) is 5.52. The number of rotatable bonds is 4. The van der Waals surface area contributed by atoms with Crippen LogP contribution in [0, 0.1) is 6.92 Å². The molecule has 0 aromatic heterocycles. The highest BCUT2D eigenvalue weighted by Crippen LogP contribution is 2.06. The molecule has 1 rings (SSSR count). The van der Waals surface area contributed by atoms with Crippen LogP contribution >= 0.6 is 0 Å². The SMILES string of the molecule is Cc1ccccc1C(=O)NC(C)CN(C)C. The highest BCUT2D eigenvalue weighted by Gasteiger charge is 2.11. The number of amides is 1. The van der Waals surface area contributed by atoms with E-state index in [9.17, 15) is 4.79 Å². The van der Waals surface area contributed by atoms with Crippen molar-refractivity contribution >= 4 is 5.91 Å². The van der Waals surface area contributed by atoms with Crippen LogP contribution in [0.1, 0.15) is 22.8 Å². The van der Waals surface area contributed by atoms with Crippen LogP contribution in [0.15, 0.2) is 24.3 Å². The molecule has 1 N–H and O–H groups in total. The normalized spacial score (nSPS) is 12.6. The van der Waals surface area contributed by atoms with Gasteiger partial charge in [-0.25, -0.2) is 0 Å². The Morgan fingerprint density at radius 1 is 1.38 bits per heavy atom. The summed E-state index contributed by atoms with van der Waals surface area (Å²) in [5.74, 6) is 0.00690. The van der Waals surface area contributed by atoms with E-state index in [0.29, 0.717) is 0 Å². The van der Waals surface area contributed by atoms with Crippen LogP contribution in [0.4, 0.5) is 0 Å². The molecule has 0 aliphatic heterocycles. The van der Waals surface area contributed by atoms with Gasteiger partial charge in [-0.3, -0.25) is 4.79 Å². The van der Waals surface area contributed by atoms with E-state index in [2.05, 4.69) is 10.2 Å². The third kappa shape index (κ3) is 3.66. The fourth-order valence-electron chi connectivity index (χ4n) is 1.72. The highest BCUT2D eigenvalue weighted by atomic mass is 16.1. The van der Waals surface area contributed by atoms with E-state index in [4.69, 9.17) is 0 Å². The predicted octanol–water partition coefficient (Wildman–Crippen LogP) is 1.67. The summed E-state index contributed by atoms with van der Waals surface area (Å²) in [6.07, 6.45) is 0. The van der Waals surface area contributed by atoms with Gasteiger partial charge in [0.05, 0.1) is 0 Å². The monoisotopic (exact) mass is 220 g/mol. The Bertz CT molecular complexity index is 361. The lowest BCUT2D eigenvalue weighted by molar-refractivity contribution is 0.0933. The first-order valence-corrected chi connectivity index (χ1v) is 5.52. The Kier molecular flexibility index (Phi) is 4.50. The van der Waals surface area contributed by atoms with Crippen molar-refractivity contribution in [3.05, 3.63) is 35.4 Å². The first-order chi connectivity index (χ1) is 7.50. The number of benzene rings is 1. The molecule has 0 fully saturated rings. The average Bonchev–Trinajstić information content (AvgIpc) is 2.16. The van der Waals surface area contributed by atoms with Crippen molar-refractivity contribution in [2.45, 2.75) is 19.9 Å². The molecule has 1 amide bonds. The molecule has 0 spiro atoms. The molecule has 1 unspecified atom stereocenters. The Morgan fingerprint density at radius 2 is 2.00 bits per heavy atom. The van der Waals surface area contributed by atoms with Gasteiger partial charge >= 0.3 is 0 Å². The zero-order chi connectivity index (χ0) is 12.1. The maximum atomic E-state index is 11.9. The molecule has 0 heterocycles. The minimum Gasteiger partial charge on any atom is -0.348 e. The van der Waals surface area contributed by atoms with Gasteiger partial charge in [0.25, 0.3) is 5.91 Å². The van der Waals surface area contributed by atoms with Crippen LogP contribution in [0.2, 0.25) is 0 Å². The quantitative estimate of drug-likeness (QED) is 0.837. The highest BCUT2D eigenvalue weighted by molar-refractivity contribution is 5.95. The zero-order valence-electron chi connectivity index (χ0n) is 10.4. The van der Waals surface area contributed by atoms with Crippen molar-refractivity contribution < 1.29 is 4.79 Å². The van der Waals surface area contributed by atoms with Crippen molar-refractivity contribution in [3.63, 3.8) is 0 Å². The van der Waals surface area contributed by atoms with Crippen molar-refractivity contribution in [2.24, 2.45) is 0 Å². The molecule has 0 saturated carbocycles. The summed E-state index contributed by atoms with van der Waals surface area (Å²) in [5.41, 5.74) is 1.77. The van der Waals surface area contributed by atoms with Gasteiger partial charge in [0.2, 0.25) is 0 Å². The summed E-state index contributed by atoms with van der Waals surface area (Å²) in [6.45, 7) is 4.80. The van der Waals surface area contributed by atoms with Gasteiger partial charge in [-0.05, 0) is 39.6 Å². The van der Waals surface area contributed by atoms with Crippen LogP contribution in [-0.2, 0) is 0 Å². The lowest BCUT2D eigenvalue weighted by Gasteiger charge is -2.18. The van der Waals surface area contributed by atoms with Crippen LogP contribution in [0.3, 0.4) is 0 Å². The van der Waals surface area contributed by atoms with Gasteiger partial charge < -0.3 is 10.2 Å². The van der Waals surface area contributed by atoms with E-state index in [-0.39, 0.29) is 11.9 Å². The topological polar surface area (TPSA) is 32.3 Å². The lowest BCUT2D eigenvalue weighted by Crippen LogP contribution is -2.39. The van der Waals surface area contributed by atoms with Crippen LogP contribution in [0.25, 0.3) is 0 Å². The first kappa shape index (κ1) is 12.7. The van der Waals surface area contributed by atoms with Crippen molar-refractivity contribution in [3.8, 4) is 0 Å². The molecule has 1 aromatic rings. The minimum atomic E-state index is 0.00690. The average molecular weight is 220 g/mol. The molecule has 0 bridgehead atoms. The molecule has 3 nitrogen and oxygen atoms in total. The van der Waals surface area contributed by atoms with Crippen molar-refractivity contribution in [1.29, 1.82) is 0 Å². The van der Waals surface area contributed by atoms with Crippen LogP contribution < -0.4 is 5.32 Å². The Hall–Kier alpha value is -1.35. The summed E-state index contributed by atoms with van der Waals surface area (Å²) in [6, 6.07) is 7.79. The van der Waals surface area contributed by atoms with E-state index in [1.54, 1.807) is 0 Å². The van der Waals surface area contributed by atoms with Gasteiger partial charge in [-0.15, -0.1) is 0 Å². The van der Waals surface area contributed by atoms with E-state index >= 15 is 0 Å². The Morgan fingerprint density at radius 3 is 2.56 bits per heavy atom. The number of hydrogen-bond donors (Lipinski definition) is 1. The molecule has 1 atom stereocenters. The summed E-state index contributed by atoms with van der Waals surface area (Å²) < 4.78 is 0. The number of likely N-dealkylation sites (N-methyl/N-ethyl adjacent to an activating group) is 1. The lowest BCUT2D eigenvalue weighted by atomic mass is 10.1. The number of hydrogen-bond acceptors (Lipinski definition) is 2. The zero-order valence-corrected chi connectivity index (χ0v) is 10.4. The van der Waals surface area contributed by atoms with E-state index in [0.717, 1.165) is 17.7 Å². The standard InChI is InChI=1S/C13H20N2O/c1-10-7-5-6-8-12(10)13(16)14-11(2)9-15(3)4/h5-8,11H,9H2,1-4H3,(H,14,16). The largest absolute Gasteiger partial charge is 0.348 e. The number of nitrogens with one attached hydrogen (secondary N) is 1. The smallest absolute Gasteiger partial charge is 0.251 e. The molecule has 0 aliphatic carbocycles. The molecule has 0 saturated heterocycles. The van der Waals surface area contributed by atoms with E-state index in [1.807, 2.05) is 52.2 Å². The molecule has 0 radical (unpaired) electrons. The summed E-state index contributed by atoms with van der Waals surface area (Å²) >= 11 is 0. The molecule has 3 heteroatoms. The third-order valence-electron chi connectivity index (χ3n) is 2.41. The maximum Gasteiger partial charge on any atom is 0.251 e. The third-order valence-corrected chi connectivity index (χ3v) is 2.41. The number of nitrogens with zero attached hydrogens (tertiary/aromatic N) is 1. The van der Waals surface area contributed by atoms with E-state index < -0.39 is 0 Å². The van der Waals surface area contributed by atoms with Gasteiger partial charge in [-0.2, -0.15) is 0 Å². The number of carbonyl (C=O) groups excluding carboxylic acids is 1. The van der Waals surface area contributed by atoms with Gasteiger partial charge in [0, 0.05) is 18.2 Å². The fourth-order valence-corrected chi connectivity index (χ4v) is 1.72. The minimum absolute atomic E-state index is 0.00690. The predicted molar refractivity (Wildman–Crippen MR) is 66.7 cm³/mol.